The van der Waals surface area contributed by atoms with Crippen molar-refractivity contribution in [3.8, 4) is 0 Å². The fraction of sp³-hybridized carbons (Fsp3) is 0.414. The standard InChI is InChI=1S/C15H28N2.C14H11BCl2/c1-3-5-7-9-11-14-15(17-13-16-14)12-10-8-6-4-2;1-2-15(11-7-3-5-9-13(11)16)12-8-4-6-10-14(12)17/h13H,3-12H2,1-2H3,(H,16,17);2-10H,1H2. The fourth-order valence-corrected chi connectivity index (χ4v) is 4.61. The Labute approximate surface area is 217 Å². The summed E-state index contributed by atoms with van der Waals surface area (Å²) in [5.41, 5.74) is 4.75. The molecule has 0 amide bonds. The lowest BCUT2D eigenvalue weighted by Crippen LogP contribution is -2.41. The highest BCUT2D eigenvalue weighted by atomic mass is 35.5. The molecule has 0 unspecified atom stereocenters. The summed E-state index contributed by atoms with van der Waals surface area (Å²) < 4.78 is 0. The highest BCUT2D eigenvalue weighted by Gasteiger charge is 2.19. The Hall–Kier alpha value is -1.97. The first kappa shape index (κ1) is 28.3. The zero-order valence-corrected chi connectivity index (χ0v) is 22.3. The van der Waals surface area contributed by atoms with E-state index in [1.165, 1.54) is 69.2 Å². The second kappa shape index (κ2) is 16.6. The van der Waals surface area contributed by atoms with Gasteiger partial charge in [0.15, 0.2) is 0 Å². The molecule has 0 aliphatic heterocycles. The number of nitrogens with zero attached hydrogens (tertiary/aromatic N) is 1. The quantitative estimate of drug-likeness (QED) is 0.188. The zero-order valence-electron chi connectivity index (χ0n) is 20.8. The Kier molecular flexibility index (Phi) is 13.8. The highest BCUT2D eigenvalue weighted by molar-refractivity contribution is 6.91. The van der Waals surface area contributed by atoms with Crippen LogP contribution in [0.25, 0.3) is 0 Å². The lowest BCUT2D eigenvalue weighted by Gasteiger charge is -2.13. The van der Waals surface area contributed by atoms with Crippen molar-refractivity contribution < 1.29 is 0 Å². The lowest BCUT2D eigenvalue weighted by molar-refractivity contribution is 0.643. The largest absolute Gasteiger partial charge is 0.348 e. The maximum absolute atomic E-state index is 6.21. The second-order valence-electron chi connectivity index (χ2n) is 8.71. The first-order valence-corrected chi connectivity index (χ1v) is 13.5. The van der Waals surface area contributed by atoms with E-state index in [0.29, 0.717) is 0 Å². The van der Waals surface area contributed by atoms with Crippen LogP contribution in [-0.4, -0.2) is 16.7 Å². The van der Waals surface area contributed by atoms with Crippen LogP contribution < -0.4 is 10.9 Å². The van der Waals surface area contributed by atoms with Gasteiger partial charge in [0.05, 0.1) is 12.0 Å². The molecule has 0 radical (unpaired) electrons. The third-order valence-electron chi connectivity index (χ3n) is 6.07. The highest BCUT2D eigenvalue weighted by Crippen LogP contribution is 2.13. The summed E-state index contributed by atoms with van der Waals surface area (Å²) in [5, 5.41) is 1.47. The van der Waals surface area contributed by atoms with Gasteiger partial charge in [0.1, 0.15) is 0 Å². The first-order valence-electron chi connectivity index (χ1n) is 12.7. The molecule has 0 saturated carbocycles. The Bertz CT molecular complexity index is 898. The molecule has 0 saturated heterocycles. The van der Waals surface area contributed by atoms with E-state index in [2.05, 4.69) is 30.4 Å². The van der Waals surface area contributed by atoms with Crippen molar-refractivity contribution in [2.24, 2.45) is 0 Å². The summed E-state index contributed by atoms with van der Waals surface area (Å²) in [6.07, 6.45) is 14.8. The molecule has 0 atom stereocenters. The average Bonchev–Trinajstić information content (AvgIpc) is 3.30. The number of imidazole rings is 1. The SMILES string of the molecule is C=CB(c1ccccc1Cl)c1ccccc1Cl.CCCCCCc1nc[nH]c1CCCCCC. The number of halogens is 2. The van der Waals surface area contributed by atoms with E-state index in [4.69, 9.17) is 23.2 Å². The van der Waals surface area contributed by atoms with Gasteiger partial charge in [0.2, 0.25) is 6.71 Å². The molecule has 0 bridgehead atoms. The van der Waals surface area contributed by atoms with Crippen LogP contribution in [0.4, 0.5) is 0 Å². The smallest absolute Gasteiger partial charge is 0.237 e. The van der Waals surface area contributed by atoms with E-state index < -0.39 is 0 Å². The third-order valence-corrected chi connectivity index (χ3v) is 6.76. The van der Waals surface area contributed by atoms with E-state index in [1.807, 2.05) is 60.8 Å². The van der Waals surface area contributed by atoms with E-state index in [1.54, 1.807) is 0 Å². The van der Waals surface area contributed by atoms with Crippen LogP contribution in [0, 0.1) is 0 Å². The van der Waals surface area contributed by atoms with Crippen LogP contribution >= 0.6 is 23.2 Å². The molecule has 34 heavy (non-hydrogen) atoms. The zero-order chi connectivity index (χ0) is 24.6. The van der Waals surface area contributed by atoms with Gasteiger partial charge in [-0.25, -0.2) is 4.98 Å². The molecule has 3 aromatic rings. The molecule has 0 aliphatic carbocycles. The second-order valence-corrected chi connectivity index (χ2v) is 9.52. The molecule has 1 aromatic heterocycles. The van der Waals surface area contributed by atoms with Crippen LogP contribution in [0.2, 0.25) is 10.0 Å². The summed E-state index contributed by atoms with van der Waals surface area (Å²) in [4.78, 5) is 7.77. The molecule has 182 valence electrons. The minimum absolute atomic E-state index is 0.0254. The molecule has 0 fully saturated rings. The number of hydrogen-bond acceptors (Lipinski definition) is 1. The topological polar surface area (TPSA) is 28.7 Å². The van der Waals surface area contributed by atoms with Crippen molar-refractivity contribution in [1.29, 1.82) is 0 Å². The van der Waals surface area contributed by atoms with Crippen LogP contribution in [0.5, 0.6) is 0 Å². The molecule has 0 aliphatic rings. The van der Waals surface area contributed by atoms with Gasteiger partial charge in [-0.15, -0.1) is 12.6 Å². The Morgan fingerprint density at radius 3 is 1.82 bits per heavy atom. The normalized spacial score (nSPS) is 10.5. The number of nitrogens with one attached hydrogen (secondary N) is 1. The van der Waals surface area contributed by atoms with Crippen molar-refractivity contribution in [1.82, 2.24) is 9.97 Å². The van der Waals surface area contributed by atoms with Crippen molar-refractivity contribution in [2.75, 3.05) is 0 Å². The molecular formula is C29H39BCl2N2. The van der Waals surface area contributed by atoms with E-state index in [9.17, 15) is 0 Å². The van der Waals surface area contributed by atoms with Gasteiger partial charge >= 0.3 is 0 Å². The van der Waals surface area contributed by atoms with Crippen LogP contribution in [-0.2, 0) is 12.8 Å². The molecule has 2 nitrogen and oxygen atoms in total. The first-order chi connectivity index (χ1) is 16.6. The number of rotatable bonds is 13. The molecule has 1 heterocycles. The number of H-pyrrole nitrogens is 1. The van der Waals surface area contributed by atoms with E-state index in [0.717, 1.165) is 27.4 Å². The summed E-state index contributed by atoms with van der Waals surface area (Å²) in [6, 6.07) is 15.5. The van der Waals surface area contributed by atoms with Gasteiger partial charge < -0.3 is 4.98 Å². The van der Waals surface area contributed by atoms with Crippen molar-refractivity contribution in [3.05, 3.63) is 88.8 Å². The molecular weight excluding hydrogens is 458 g/mol. The maximum atomic E-state index is 6.21. The summed E-state index contributed by atoms with van der Waals surface area (Å²) in [7, 11) is 0. The van der Waals surface area contributed by atoms with Crippen LogP contribution in [0.1, 0.15) is 76.6 Å². The Morgan fingerprint density at radius 2 is 1.32 bits per heavy atom. The van der Waals surface area contributed by atoms with Crippen molar-refractivity contribution in [3.63, 3.8) is 0 Å². The molecule has 0 spiro atoms. The predicted octanol–water partition coefficient (Wildman–Crippen LogP) is 7.98. The van der Waals surface area contributed by atoms with Crippen LogP contribution in [0.15, 0.2) is 67.4 Å². The van der Waals surface area contributed by atoms with Gasteiger partial charge in [0, 0.05) is 15.7 Å². The van der Waals surface area contributed by atoms with Gasteiger partial charge in [-0.2, -0.15) is 0 Å². The predicted molar refractivity (Wildman–Crippen MR) is 152 cm³/mol. The molecule has 5 heteroatoms. The average molecular weight is 497 g/mol. The van der Waals surface area contributed by atoms with Gasteiger partial charge in [-0.1, -0.05) is 123 Å². The van der Waals surface area contributed by atoms with Crippen molar-refractivity contribution in [2.45, 2.75) is 78.1 Å². The minimum atomic E-state index is 0.0254. The van der Waals surface area contributed by atoms with Crippen molar-refractivity contribution >= 4 is 40.8 Å². The number of benzene rings is 2. The lowest BCUT2D eigenvalue weighted by atomic mass is 9.41. The number of unbranched alkanes of at least 4 members (excludes halogenated alkanes) is 6. The number of aromatic amines is 1. The minimum Gasteiger partial charge on any atom is -0.348 e. The molecule has 3 rings (SSSR count). The van der Waals surface area contributed by atoms with Gasteiger partial charge in [0.25, 0.3) is 0 Å². The monoisotopic (exact) mass is 496 g/mol. The summed E-state index contributed by atoms with van der Waals surface area (Å²) in [6.45, 7) is 8.42. The van der Waals surface area contributed by atoms with Crippen LogP contribution in [0.3, 0.4) is 0 Å². The summed E-state index contributed by atoms with van der Waals surface area (Å²) in [5.74, 6) is 1.86. The fourth-order valence-electron chi connectivity index (χ4n) is 4.11. The maximum Gasteiger partial charge on any atom is 0.237 e. The number of aromatic nitrogens is 2. The molecule has 2 aromatic carbocycles. The molecule has 1 N–H and O–H groups in total. The Balaban J connectivity index is 0.000000240. The Morgan fingerprint density at radius 1 is 0.794 bits per heavy atom. The van der Waals surface area contributed by atoms with Gasteiger partial charge in [-0.05, 0) is 37.8 Å². The number of hydrogen-bond donors (Lipinski definition) is 1. The third kappa shape index (κ3) is 9.35. The van der Waals surface area contributed by atoms with E-state index in [-0.39, 0.29) is 6.71 Å². The van der Waals surface area contributed by atoms with E-state index >= 15 is 0 Å². The number of aryl methyl sites for hydroxylation is 2. The van der Waals surface area contributed by atoms with Gasteiger partial charge in [-0.3, -0.25) is 0 Å². The summed E-state index contributed by atoms with van der Waals surface area (Å²) >= 11 is 12.4.